The highest BCUT2D eigenvalue weighted by atomic mass is 127. The Morgan fingerprint density at radius 3 is 3.20 bits per heavy atom. The Hall–Kier alpha value is -0.0600. The van der Waals surface area contributed by atoms with E-state index < -0.39 is 0 Å². The summed E-state index contributed by atoms with van der Waals surface area (Å²) >= 11 is 2.42. The number of guanidine groups is 1. The molecule has 0 saturated carbocycles. The Bertz CT molecular complexity index is 399. The maximum Gasteiger partial charge on any atom is 0.310 e. The molecule has 2 aliphatic heterocycles. The Morgan fingerprint density at radius 1 is 1.53 bits per heavy atom. The standard InChI is InChI=1S/C8H10IN5.HI/c9-1-6-4-11-8-10-2-5-3-12-13-7(5)14(6)8;/h3,6H,1-2,4H2,(H2,10,11,12,13);1H. The van der Waals surface area contributed by atoms with Crippen LogP contribution in [0.3, 0.4) is 0 Å². The number of aromatic amines is 1. The summed E-state index contributed by atoms with van der Waals surface area (Å²) < 4.78 is 3.38. The summed E-state index contributed by atoms with van der Waals surface area (Å²) in [6.45, 7) is 1.86. The number of aromatic nitrogens is 2. The first kappa shape index (κ1) is 11.4. The summed E-state index contributed by atoms with van der Waals surface area (Å²) in [6.07, 6.45) is 1.89. The van der Waals surface area contributed by atoms with Gasteiger partial charge in [-0.05, 0) is 0 Å². The van der Waals surface area contributed by atoms with Gasteiger partial charge >= 0.3 is 5.96 Å². The molecule has 82 valence electrons. The molecule has 2 aliphatic rings. The zero-order valence-electron chi connectivity index (χ0n) is 7.93. The van der Waals surface area contributed by atoms with E-state index in [1.165, 1.54) is 5.56 Å². The van der Waals surface area contributed by atoms with E-state index in [0.29, 0.717) is 6.04 Å². The second kappa shape index (κ2) is 4.44. The van der Waals surface area contributed by atoms with Crippen LogP contribution in [0.1, 0.15) is 5.56 Å². The summed E-state index contributed by atoms with van der Waals surface area (Å²) in [5, 5.41) is 13.9. The van der Waals surface area contributed by atoms with Crippen LogP contribution < -0.4 is 34.6 Å². The summed E-state index contributed by atoms with van der Waals surface area (Å²) in [7, 11) is 0. The molecule has 3 N–H and O–H groups in total. The van der Waals surface area contributed by atoms with Crippen molar-refractivity contribution < 1.29 is 28.6 Å². The van der Waals surface area contributed by atoms with E-state index in [1.54, 1.807) is 0 Å². The highest BCUT2D eigenvalue weighted by Crippen LogP contribution is 2.22. The van der Waals surface area contributed by atoms with Crippen molar-refractivity contribution in [1.29, 1.82) is 0 Å². The van der Waals surface area contributed by atoms with Gasteiger partial charge in [-0.15, -0.1) is 5.10 Å². The van der Waals surface area contributed by atoms with Crippen molar-refractivity contribution in [2.75, 3.05) is 11.0 Å². The Kier molecular flexibility index (Phi) is 3.38. The number of nitrogens with zero attached hydrogens (tertiary/aromatic N) is 2. The van der Waals surface area contributed by atoms with Crippen molar-refractivity contribution in [3.8, 4) is 0 Å². The van der Waals surface area contributed by atoms with Crippen molar-refractivity contribution in [2.45, 2.75) is 12.6 Å². The lowest BCUT2D eigenvalue weighted by atomic mass is 10.2. The first-order valence-corrected chi connectivity index (χ1v) is 6.15. The van der Waals surface area contributed by atoms with Crippen molar-refractivity contribution in [1.82, 2.24) is 20.8 Å². The van der Waals surface area contributed by atoms with E-state index in [4.69, 9.17) is 0 Å². The average Bonchev–Trinajstić information content (AvgIpc) is 2.82. The van der Waals surface area contributed by atoms with Crippen molar-refractivity contribution in [2.24, 2.45) is 0 Å². The second-order valence-electron chi connectivity index (χ2n) is 3.51. The topological polar surface area (TPSA) is 55.8 Å². The van der Waals surface area contributed by atoms with Crippen LogP contribution in [0.15, 0.2) is 6.20 Å². The third kappa shape index (κ3) is 1.73. The van der Waals surface area contributed by atoms with E-state index in [1.807, 2.05) is 6.20 Å². The maximum atomic E-state index is 4.08. The number of H-pyrrole nitrogens is 1. The molecule has 0 radical (unpaired) electrons. The van der Waals surface area contributed by atoms with Crippen LogP contribution in [-0.2, 0) is 6.54 Å². The van der Waals surface area contributed by atoms with Crippen LogP contribution in [-0.4, -0.2) is 37.7 Å². The molecule has 0 spiro atoms. The largest absolute Gasteiger partial charge is 1.00 e. The van der Waals surface area contributed by atoms with Gasteiger partial charge in [-0.1, -0.05) is 22.6 Å². The first-order chi connectivity index (χ1) is 6.90. The van der Waals surface area contributed by atoms with Crippen LogP contribution in [0, 0.1) is 0 Å². The zero-order valence-corrected chi connectivity index (χ0v) is 12.2. The molecule has 1 aromatic rings. The van der Waals surface area contributed by atoms with Gasteiger partial charge in [0.05, 0.1) is 24.8 Å². The van der Waals surface area contributed by atoms with E-state index in [-0.39, 0.29) is 24.0 Å². The molecule has 1 aromatic heterocycles. The number of rotatable bonds is 1. The van der Waals surface area contributed by atoms with E-state index in [0.717, 1.165) is 29.3 Å². The maximum absolute atomic E-state index is 4.08. The van der Waals surface area contributed by atoms with Crippen molar-refractivity contribution >= 4 is 34.4 Å². The van der Waals surface area contributed by atoms with Gasteiger partial charge in [0, 0.05) is 4.43 Å². The molecular weight excluding hydrogens is 420 g/mol. The normalized spacial score (nSPS) is 22.3. The van der Waals surface area contributed by atoms with Gasteiger partial charge in [-0.3, -0.25) is 10.6 Å². The molecule has 0 aromatic carbocycles. The quantitative estimate of drug-likeness (QED) is 0.252. The van der Waals surface area contributed by atoms with Crippen LogP contribution >= 0.6 is 22.6 Å². The third-order valence-electron chi connectivity index (χ3n) is 2.67. The fraction of sp³-hybridized carbons (Fsp3) is 0.500. The van der Waals surface area contributed by atoms with Gasteiger partial charge in [0.2, 0.25) is 5.82 Å². The van der Waals surface area contributed by atoms with Crippen LogP contribution in [0.5, 0.6) is 0 Å². The lowest BCUT2D eigenvalue weighted by Crippen LogP contribution is -3.00. The zero-order chi connectivity index (χ0) is 9.54. The van der Waals surface area contributed by atoms with E-state index >= 15 is 0 Å². The minimum Gasteiger partial charge on any atom is -1.00 e. The molecule has 0 fully saturated rings. The number of hydrogen-bond acceptors (Lipinski definition) is 3. The molecular formula is C8H11I2N5. The third-order valence-corrected chi connectivity index (χ3v) is 3.69. The Labute approximate surface area is 118 Å². The van der Waals surface area contributed by atoms with Gasteiger partial charge in [-0.25, -0.2) is 9.67 Å². The van der Waals surface area contributed by atoms with E-state index in [9.17, 15) is 0 Å². The summed E-state index contributed by atoms with van der Waals surface area (Å²) in [5.41, 5.74) is 1.24. The van der Waals surface area contributed by atoms with Gasteiger partial charge in [-0.2, -0.15) is 0 Å². The first-order valence-electron chi connectivity index (χ1n) is 4.62. The van der Waals surface area contributed by atoms with Crippen molar-refractivity contribution in [3.05, 3.63) is 11.8 Å². The Balaban J connectivity index is 0.000000853. The van der Waals surface area contributed by atoms with E-state index in [2.05, 4.69) is 48.0 Å². The average molecular weight is 431 g/mol. The van der Waals surface area contributed by atoms with Gasteiger partial charge in [0.25, 0.3) is 0 Å². The molecule has 5 nitrogen and oxygen atoms in total. The molecule has 7 heteroatoms. The summed E-state index contributed by atoms with van der Waals surface area (Å²) in [6, 6.07) is 0.526. The van der Waals surface area contributed by atoms with Gasteiger partial charge in [0.1, 0.15) is 6.04 Å². The monoisotopic (exact) mass is 431 g/mol. The summed E-state index contributed by atoms with van der Waals surface area (Å²) in [5.74, 6) is 2.26. The minimum absolute atomic E-state index is 0. The highest BCUT2D eigenvalue weighted by molar-refractivity contribution is 14.1. The molecule has 0 amide bonds. The number of halogens is 2. The fourth-order valence-corrected chi connectivity index (χ4v) is 2.67. The molecule has 0 saturated heterocycles. The van der Waals surface area contributed by atoms with Crippen molar-refractivity contribution in [3.63, 3.8) is 0 Å². The SMILES string of the molecule is ICC1CNC2=[N+]1c1[nH]ncc1CN2.[I-]. The predicted octanol–water partition coefficient (Wildman–Crippen LogP) is -3.08. The second-order valence-corrected chi connectivity index (χ2v) is 4.39. The van der Waals surface area contributed by atoms with Crippen LogP contribution in [0.4, 0.5) is 5.82 Å². The van der Waals surface area contributed by atoms with Gasteiger partial charge in [0.15, 0.2) is 0 Å². The molecule has 15 heavy (non-hydrogen) atoms. The Morgan fingerprint density at radius 2 is 2.40 bits per heavy atom. The molecule has 1 unspecified atom stereocenters. The number of nitrogens with one attached hydrogen (secondary N) is 3. The molecule has 3 heterocycles. The molecule has 0 aliphatic carbocycles. The fourth-order valence-electron chi connectivity index (χ4n) is 1.96. The predicted molar refractivity (Wildman–Crippen MR) is 61.0 cm³/mol. The smallest absolute Gasteiger partial charge is 0.310 e. The minimum atomic E-state index is 0. The lowest BCUT2D eigenvalue weighted by molar-refractivity contribution is -0.474. The number of fused-ring (bicyclic) bond motifs is 2. The highest BCUT2D eigenvalue weighted by Gasteiger charge is 2.35. The summed E-state index contributed by atoms with van der Waals surface area (Å²) in [4.78, 5) is 0. The lowest BCUT2D eigenvalue weighted by Gasteiger charge is -2.15. The van der Waals surface area contributed by atoms with Crippen LogP contribution in [0.2, 0.25) is 0 Å². The molecule has 3 rings (SSSR count). The number of hydrogen-bond donors (Lipinski definition) is 3. The number of alkyl halides is 1. The van der Waals surface area contributed by atoms with Gasteiger partial charge < -0.3 is 24.0 Å². The van der Waals surface area contributed by atoms with Crippen LogP contribution in [0.25, 0.3) is 0 Å². The molecule has 1 atom stereocenters. The molecule has 0 bridgehead atoms.